The smallest absolute Gasteiger partial charge is 0.129 e. The Balaban J connectivity index is 2.32. The summed E-state index contributed by atoms with van der Waals surface area (Å²) in [5, 5.41) is 8.99. The lowest BCUT2D eigenvalue weighted by Gasteiger charge is -2.24. The summed E-state index contributed by atoms with van der Waals surface area (Å²) in [5.41, 5.74) is 4.42. The molecule has 3 heteroatoms. The molecule has 26 heavy (non-hydrogen) atoms. The molecule has 0 aliphatic heterocycles. The molecular formula is C23H27FN2. The minimum Gasteiger partial charge on any atom is -0.388 e. The fourth-order valence-corrected chi connectivity index (χ4v) is 3.38. The van der Waals surface area contributed by atoms with Gasteiger partial charge in [0.05, 0.1) is 0 Å². The van der Waals surface area contributed by atoms with Crippen molar-refractivity contribution in [1.82, 2.24) is 0 Å². The molecular weight excluding hydrogens is 323 g/mol. The van der Waals surface area contributed by atoms with E-state index < -0.39 is 0 Å². The quantitative estimate of drug-likeness (QED) is 0.567. The monoisotopic (exact) mass is 350 g/mol. The number of hydrogen-bond acceptors (Lipinski definition) is 2. The zero-order chi connectivity index (χ0) is 18.9. The minimum atomic E-state index is -0.264. The molecule has 0 unspecified atom stereocenters. The van der Waals surface area contributed by atoms with Crippen molar-refractivity contribution in [2.75, 3.05) is 24.2 Å². The third kappa shape index (κ3) is 3.39. The first kappa shape index (κ1) is 18.2. The van der Waals surface area contributed by atoms with Crippen LogP contribution in [-0.4, -0.2) is 13.6 Å². The van der Waals surface area contributed by atoms with Gasteiger partial charge in [0.2, 0.25) is 0 Å². The first-order valence-electron chi connectivity index (χ1n) is 9.14. The zero-order valence-corrected chi connectivity index (χ0v) is 16.2. The maximum absolute atomic E-state index is 14.7. The molecule has 0 heterocycles. The maximum atomic E-state index is 14.7. The van der Waals surface area contributed by atoms with Gasteiger partial charge in [-0.25, -0.2) is 4.39 Å². The van der Waals surface area contributed by atoms with E-state index in [4.69, 9.17) is 0 Å². The Morgan fingerprint density at radius 1 is 0.885 bits per heavy atom. The molecule has 0 aromatic heterocycles. The van der Waals surface area contributed by atoms with Crippen molar-refractivity contribution < 1.29 is 4.39 Å². The van der Waals surface area contributed by atoms with Crippen LogP contribution in [0.5, 0.6) is 0 Å². The number of benzene rings is 3. The van der Waals surface area contributed by atoms with Gasteiger partial charge in [0.1, 0.15) is 5.82 Å². The molecule has 2 nitrogen and oxygen atoms in total. The van der Waals surface area contributed by atoms with E-state index in [2.05, 4.69) is 34.9 Å². The molecule has 0 bridgehead atoms. The van der Waals surface area contributed by atoms with Crippen molar-refractivity contribution in [3.05, 3.63) is 59.9 Å². The second-order valence-corrected chi connectivity index (χ2v) is 7.65. The summed E-state index contributed by atoms with van der Waals surface area (Å²) in [6.07, 6.45) is 0. The van der Waals surface area contributed by atoms with Crippen LogP contribution in [-0.2, 0) is 5.41 Å². The molecule has 0 atom stereocenters. The lowest BCUT2D eigenvalue weighted by atomic mass is 9.84. The van der Waals surface area contributed by atoms with Gasteiger partial charge >= 0.3 is 0 Å². The molecule has 0 radical (unpaired) electrons. The van der Waals surface area contributed by atoms with Crippen LogP contribution < -0.4 is 10.6 Å². The predicted molar refractivity (Wildman–Crippen MR) is 112 cm³/mol. The minimum absolute atomic E-state index is 0.163. The number of nitrogens with one attached hydrogen (secondary N) is 2. The Bertz CT molecular complexity index is 939. The standard InChI is InChI=1S/C23H27FN2/c1-6-26-22-14-20(24)19(23(2,3)4)13-18(22)17-11-15-9-7-8-10-16(15)12-21(17)25-5/h7-14,25-26H,6H2,1-5H3. The van der Waals surface area contributed by atoms with Crippen molar-refractivity contribution in [2.45, 2.75) is 33.1 Å². The first-order chi connectivity index (χ1) is 12.3. The molecule has 0 fully saturated rings. The van der Waals surface area contributed by atoms with Gasteiger partial charge in [-0.05, 0) is 52.9 Å². The molecule has 3 aromatic carbocycles. The maximum Gasteiger partial charge on any atom is 0.129 e. The van der Waals surface area contributed by atoms with Crippen molar-refractivity contribution in [3.63, 3.8) is 0 Å². The molecule has 0 amide bonds. The van der Waals surface area contributed by atoms with Crippen LogP contribution in [0.4, 0.5) is 15.8 Å². The van der Waals surface area contributed by atoms with Gasteiger partial charge in [-0.2, -0.15) is 0 Å². The summed E-state index contributed by atoms with van der Waals surface area (Å²) in [6.45, 7) is 8.90. The van der Waals surface area contributed by atoms with Crippen LogP contribution in [0.3, 0.4) is 0 Å². The van der Waals surface area contributed by atoms with E-state index in [1.165, 1.54) is 10.8 Å². The Morgan fingerprint density at radius 3 is 2.08 bits per heavy atom. The third-order valence-electron chi connectivity index (χ3n) is 4.73. The number of fused-ring (bicyclic) bond motifs is 1. The van der Waals surface area contributed by atoms with Crippen molar-refractivity contribution in [3.8, 4) is 11.1 Å². The Kier molecular flexibility index (Phi) is 4.90. The highest BCUT2D eigenvalue weighted by Gasteiger charge is 2.22. The number of hydrogen-bond donors (Lipinski definition) is 2. The van der Waals surface area contributed by atoms with Crippen LogP contribution in [0.1, 0.15) is 33.3 Å². The lowest BCUT2D eigenvalue weighted by Crippen LogP contribution is -2.15. The Morgan fingerprint density at radius 2 is 1.50 bits per heavy atom. The van der Waals surface area contributed by atoms with Gasteiger partial charge in [0.25, 0.3) is 0 Å². The van der Waals surface area contributed by atoms with E-state index in [9.17, 15) is 4.39 Å². The predicted octanol–water partition coefficient (Wildman–Crippen LogP) is 6.42. The second kappa shape index (κ2) is 6.99. The van der Waals surface area contributed by atoms with Crippen LogP contribution in [0.15, 0.2) is 48.5 Å². The molecule has 2 N–H and O–H groups in total. The van der Waals surface area contributed by atoms with Crippen molar-refractivity contribution in [2.24, 2.45) is 0 Å². The van der Waals surface area contributed by atoms with Gasteiger partial charge in [-0.15, -0.1) is 0 Å². The van der Waals surface area contributed by atoms with E-state index in [1.807, 2.05) is 52.9 Å². The molecule has 0 saturated carbocycles. The van der Waals surface area contributed by atoms with E-state index in [0.29, 0.717) is 0 Å². The average Bonchev–Trinajstić information content (AvgIpc) is 2.60. The highest BCUT2D eigenvalue weighted by molar-refractivity contribution is 5.97. The van der Waals surface area contributed by atoms with E-state index in [-0.39, 0.29) is 11.2 Å². The van der Waals surface area contributed by atoms with Gasteiger partial charge in [-0.3, -0.25) is 0 Å². The number of halogens is 1. The first-order valence-corrected chi connectivity index (χ1v) is 9.14. The molecule has 3 rings (SSSR count). The highest BCUT2D eigenvalue weighted by Crippen LogP contribution is 2.40. The van der Waals surface area contributed by atoms with Gasteiger partial charge in [-0.1, -0.05) is 45.0 Å². The zero-order valence-electron chi connectivity index (χ0n) is 16.2. The molecule has 136 valence electrons. The largest absolute Gasteiger partial charge is 0.388 e. The Labute approximate surface area is 155 Å². The number of rotatable bonds is 4. The number of anilines is 2. The van der Waals surface area contributed by atoms with E-state index in [0.717, 1.165) is 34.6 Å². The molecule has 0 saturated heterocycles. The van der Waals surface area contributed by atoms with Crippen molar-refractivity contribution in [1.29, 1.82) is 0 Å². The fraction of sp³-hybridized carbons (Fsp3) is 0.304. The molecule has 0 aliphatic carbocycles. The summed E-state index contributed by atoms with van der Waals surface area (Å²) in [7, 11) is 1.93. The van der Waals surface area contributed by atoms with Crippen LogP contribution in [0.25, 0.3) is 21.9 Å². The lowest BCUT2D eigenvalue weighted by molar-refractivity contribution is 0.523. The highest BCUT2D eigenvalue weighted by atomic mass is 19.1. The summed E-state index contributed by atoms with van der Waals surface area (Å²) in [6, 6.07) is 16.3. The van der Waals surface area contributed by atoms with E-state index >= 15 is 0 Å². The molecule has 0 spiro atoms. The van der Waals surface area contributed by atoms with Gasteiger partial charge < -0.3 is 10.6 Å². The van der Waals surface area contributed by atoms with Gasteiger partial charge in [0, 0.05) is 36.1 Å². The second-order valence-electron chi connectivity index (χ2n) is 7.65. The van der Waals surface area contributed by atoms with Crippen LogP contribution in [0, 0.1) is 5.82 Å². The van der Waals surface area contributed by atoms with Crippen LogP contribution >= 0.6 is 0 Å². The molecule has 0 aliphatic rings. The average molecular weight is 350 g/mol. The summed E-state index contributed by atoms with van der Waals surface area (Å²) < 4.78 is 14.7. The summed E-state index contributed by atoms with van der Waals surface area (Å²) in [4.78, 5) is 0. The summed E-state index contributed by atoms with van der Waals surface area (Å²) >= 11 is 0. The third-order valence-corrected chi connectivity index (χ3v) is 4.73. The van der Waals surface area contributed by atoms with Gasteiger partial charge in [0.15, 0.2) is 0 Å². The summed E-state index contributed by atoms with van der Waals surface area (Å²) in [5.74, 6) is -0.163. The SMILES string of the molecule is CCNc1cc(F)c(C(C)(C)C)cc1-c1cc2ccccc2cc1NC. The Hall–Kier alpha value is -2.55. The normalized spacial score (nSPS) is 11.6. The van der Waals surface area contributed by atoms with E-state index in [1.54, 1.807) is 6.07 Å². The van der Waals surface area contributed by atoms with Crippen LogP contribution in [0.2, 0.25) is 0 Å². The van der Waals surface area contributed by atoms with Crippen molar-refractivity contribution >= 4 is 22.1 Å². The molecule has 3 aromatic rings. The fourth-order valence-electron chi connectivity index (χ4n) is 3.38. The topological polar surface area (TPSA) is 24.1 Å².